The molecule has 4 heteroatoms. The molecule has 0 saturated carbocycles. The van der Waals surface area contributed by atoms with Gasteiger partial charge in [0, 0.05) is 6.42 Å². The van der Waals surface area contributed by atoms with Crippen molar-refractivity contribution in [2.75, 3.05) is 5.73 Å². The fourth-order valence-corrected chi connectivity index (χ4v) is 2.14. The largest absolute Gasteiger partial charge is 0.382 e. The van der Waals surface area contributed by atoms with Gasteiger partial charge in [0.15, 0.2) is 0 Å². The smallest absolute Gasteiger partial charge is 0.146 e. The first-order chi connectivity index (χ1) is 9.83. The Kier molecular flexibility index (Phi) is 3.46. The van der Waals surface area contributed by atoms with E-state index in [9.17, 15) is 0 Å². The molecule has 0 aliphatic carbocycles. The first-order valence-corrected chi connectivity index (χ1v) is 6.58. The van der Waals surface area contributed by atoms with Gasteiger partial charge >= 0.3 is 0 Å². The lowest BCUT2D eigenvalue weighted by atomic mass is 10.1. The summed E-state index contributed by atoms with van der Waals surface area (Å²) in [7, 11) is 0. The van der Waals surface area contributed by atoms with Crippen LogP contribution in [0.4, 0.5) is 5.82 Å². The number of rotatable bonds is 4. The van der Waals surface area contributed by atoms with E-state index in [0.717, 1.165) is 11.3 Å². The number of nitrogen functional groups attached to an aromatic ring is 1. The van der Waals surface area contributed by atoms with Crippen molar-refractivity contribution in [1.82, 2.24) is 15.0 Å². The number of aromatic nitrogens is 3. The fraction of sp³-hybridized carbons (Fsp3) is 0.125. The molecule has 0 atom stereocenters. The van der Waals surface area contributed by atoms with Gasteiger partial charge in [-0.15, -0.1) is 5.10 Å². The van der Waals surface area contributed by atoms with Gasteiger partial charge in [-0.3, -0.25) is 0 Å². The zero-order valence-corrected chi connectivity index (χ0v) is 11.1. The standard InChI is InChI=1S/C16H16N4/c17-16-15(11-13-7-3-1-4-8-13)18-19-20(16)12-14-9-5-2-6-10-14/h1-10H,11-12,17H2. The fourth-order valence-electron chi connectivity index (χ4n) is 2.14. The molecule has 4 nitrogen and oxygen atoms in total. The van der Waals surface area contributed by atoms with Crippen LogP contribution in [0.25, 0.3) is 0 Å². The SMILES string of the molecule is Nc1c(Cc2ccccc2)nnn1Cc1ccccc1. The van der Waals surface area contributed by atoms with E-state index in [1.165, 1.54) is 5.56 Å². The minimum atomic E-state index is 0.637. The number of nitrogens with two attached hydrogens (primary N) is 1. The second kappa shape index (κ2) is 5.57. The second-order valence-electron chi connectivity index (χ2n) is 4.73. The Morgan fingerprint density at radius 3 is 2.10 bits per heavy atom. The molecule has 0 amide bonds. The van der Waals surface area contributed by atoms with Crippen molar-refractivity contribution >= 4 is 5.82 Å². The molecule has 0 spiro atoms. The summed E-state index contributed by atoms with van der Waals surface area (Å²) in [5.74, 6) is 0.637. The normalized spacial score (nSPS) is 10.6. The third-order valence-corrected chi connectivity index (χ3v) is 3.24. The highest BCUT2D eigenvalue weighted by atomic mass is 15.4. The Balaban J connectivity index is 1.79. The zero-order chi connectivity index (χ0) is 13.8. The number of hydrogen-bond acceptors (Lipinski definition) is 3. The third kappa shape index (κ3) is 2.69. The van der Waals surface area contributed by atoms with Crippen LogP contribution < -0.4 is 5.73 Å². The molecule has 3 aromatic rings. The average molecular weight is 264 g/mol. The molecular formula is C16H16N4. The first-order valence-electron chi connectivity index (χ1n) is 6.58. The number of anilines is 1. The maximum atomic E-state index is 6.14. The maximum Gasteiger partial charge on any atom is 0.146 e. The third-order valence-electron chi connectivity index (χ3n) is 3.24. The summed E-state index contributed by atoms with van der Waals surface area (Å²) < 4.78 is 1.74. The van der Waals surface area contributed by atoms with Gasteiger partial charge in [-0.25, -0.2) is 4.68 Å². The molecule has 2 N–H and O–H groups in total. The van der Waals surface area contributed by atoms with Gasteiger partial charge in [0.2, 0.25) is 0 Å². The van der Waals surface area contributed by atoms with Crippen LogP contribution in [0.1, 0.15) is 16.8 Å². The minimum absolute atomic E-state index is 0.637. The van der Waals surface area contributed by atoms with E-state index in [0.29, 0.717) is 18.8 Å². The molecule has 100 valence electrons. The highest BCUT2D eigenvalue weighted by Gasteiger charge is 2.10. The summed E-state index contributed by atoms with van der Waals surface area (Å²) >= 11 is 0. The predicted octanol–water partition coefficient (Wildman–Crippen LogP) is 2.50. The van der Waals surface area contributed by atoms with E-state index in [1.807, 2.05) is 36.4 Å². The van der Waals surface area contributed by atoms with Crippen LogP contribution in [-0.4, -0.2) is 15.0 Å². The summed E-state index contributed by atoms with van der Waals surface area (Å²) in [5.41, 5.74) is 9.31. The van der Waals surface area contributed by atoms with Crippen molar-refractivity contribution in [3.63, 3.8) is 0 Å². The summed E-state index contributed by atoms with van der Waals surface area (Å²) in [5, 5.41) is 8.34. The van der Waals surface area contributed by atoms with E-state index < -0.39 is 0 Å². The minimum Gasteiger partial charge on any atom is -0.382 e. The van der Waals surface area contributed by atoms with Crippen LogP contribution in [0, 0.1) is 0 Å². The van der Waals surface area contributed by atoms with Crippen LogP contribution in [0.3, 0.4) is 0 Å². The summed E-state index contributed by atoms with van der Waals surface area (Å²) in [6.45, 7) is 0.647. The molecule has 20 heavy (non-hydrogen) atoms. The molecule has 3 rings (SSSR count). The molecule has 0 bridgehead atoms. The van der Waals surface area contributed by atoms with Gasteiger partial charge in [-0.05, 0) is 11.1 Å². The molecule has 1 aromatic heterocycles. The van der Waals surface area contributed by atoms with Crippen molar-refractivity contribution in [1.29, 1.82) is 0 Å². The highest BCUT2D eigenvalue weighted by molar-refractivity contribution is 5.38. The van der Waals surface area contributed by atoms with Gasteiger partial charge in [0.05, 0.1) is 6.54 Å². The van der Waals surface area contributed by atoms with Gasteiger partial charge < -0.3 is 5.73 Å². The Labute approximate surface area is 117 Å². The van der Waals surface area contributed by atoms with Crippen molar-refractivity contribution < 1.29 is 0 Å². The predicted molar refractivity (Wildman–Crippen MR) is 79.2 cm³/mol. The Bertz CT molecular complexity index is 615. The topological polar surface area (TPSA) is 56.7 Å². The van der Waals surface area contributed by atoms with Gasteiger partial charge in [-0.1, -0.05) is 65.9 Å². The molecule has 1 heterocycles. The van der Waals surface area contributed by atoms with Crippen LogP contribution in [0.15, 0.2) is 60.7 Å². The summed E-state index contributed by atoms with van der Waals surface area (Å²) in [4.78, 5) is 0. The molecule has 2 aromatic carbocycles. The van der Waals surface area contributed by atoms with Crippen molar-refractivity contribution in [3.8, 4) is 0 Å². The van der Waals surface area contributed by atoms with E-state index in [-0.39, 0.29) is 0 Å². The van der Waals surface area contributed by atoms with E-state index >= 15 is 0 Å². The lowest BCUT2D eigenvalue weighted by molar-refractivity contribution is 0.657. The van der Waals surface area contributed by atoms with E-state index in [2.05, 4.69) is 34.6 Å². The van der Waals surface area contributed by atoms with Gasteiger partial charge in [0.1, 0.15) is 11.5 Å². The molecular weight excluding hydrogens is 248 g/mol. The molecule has 0 fully saturated rings. The average Bonchev–Trinajstić information content (AvgIpc) is 2.83. The lowest BCUT2D eigenvalue weighted by Gasteiger charge is -2.04. The zero-order valence-electron chi connectivity index (χ0n) is 11.1. The lowest BCUT2D eigenvalue weighted by Crippen LogP contribution is -2.06. The van der Waals surface area contributed by atoms with Crippen molar-refractivity contribution in [2.24, 2.45) is 0 Å². The van der Waals surface area contributed by atoms with Crippen molar-refractivity contribution in [2.45, 2.75) is 13.0 Å². The first kappa shape index (κ1) is 12.4. The van der Waals surface area contributed by atoms with Crippen LogP contribution in [0.2, 0.25) is 0 Å². The van der Waals surface area contributed by atoms with Crippen LogP contribution >= 0.6 is 0 Å². The second-order valence-corrected chi connectivity index (χ2v) is 4.73. The van der Waals surface area contributed by atoms with Crippen LogP contribution in [-0.2, 0) is 13.0 Å². The van der Waals surface area contributed by atoms with Crippen LogP contribution in [0.5, 0.6) is 0 Å². The number of hydrogen-bond donors (Lipinski definition) is 1. The van der Waals surface area contributed by atoms with Crippen molar-refractivity contribution in [3.05, 3.63) is 77.5 Å². The monoisotopic (exact) mass is 264 g/mol. The Morgan fingerprint density at radius 2 is 1.45 bits per heavy atom. The molecule has 0 unspecified atom stereocenters. The van der Waals surface area contributed by atoms with Gasteiger partial charge in [-0.2, -0.15) is 0 Å². The molecule has 0 radical (unpaired) electrons. The molecule has 0 aliphatic rings. The van der Waals surface area contributed by atoms with Gasteiger partial charge in [0.25, 0.3) is 0 Å². The number of benzene rings is 2. The molecule has 0 aliphatic heterocycles. The van der Waals surface area contributed by atoms with E-state index in [4.69, 9.17) is 5.73 Å². The Hall–Kier alpha value is -2.62. The molecule has 0 saturated heterocycles. The van der Waals surface area contributed by atoms with E-state index in [1.54, 1.807) is 4.68 Å². The summed E-state index contributed by atoms with van der Waals surface area (Å²) in [6.07, 6.45) is 0.710. The summed E-state index contributed by atoms with van der Waals surface area (Å²) in [6, 6.07) is 20.3. The quantitative estimate of drug-likeness (QED) is 0.787. The maximum absolute atomic E-state index is 6.14. The Morgan fingerprint density at radius 1 is 0.850 bits per heavy atom. The highest BCUT2D eigenvalue weighted by Crippen LogP contribution is 2.14. The number of nitrogens with zero attached hydrogens (tertiary/aromatic N) is 3.